The molecule has 0 spiro atoms. The van der Waals surface area contributed by atoms with E-state index in [9.17, 15) is 12.8 Å². The Labute approximate surface area is 223 Å². The lowest BCUT2D eigenvalue weighted by atomic mass is 10.0. The van der Waals surface area contributed by atoms with Gasteiger partial charge < -0.3 is 14.4 Å². The zero-order valence-corrected chi connectivity index (χ0v) is 22.3. The van der Waals surface area contributed by atoms with Crippen molar-refractivity contribution >= 4 is 15.7 Å². The largest absolute Gasteiger partial charge is 0.493 e. The molecule has 2 aliphatic heterocycles. The molecule has 0 amide bonds. The number of piperazine rings is 1. The molecule has 2 fully saturated rings. The van der Waals surface area contributed by atoms with E-state index >= 15 is 0 Å². The third-order valence-electron chi connectivity index (χ3n) is 7.13. The van der Waals surface area contributed by atoms with Crippen LogP contribution in [-0.2, 0) is 21.5 Å². The van der Waals surface area contributed by atoms with Crippen LogP contribution in [0, 0.1) is 5.82 Å². The highest BCUT2D eigenvalue weighted by atomic mass is 32.2. The number of ether oxygens (including phenoxy) is 2. The minimum atomic E-state index is -3.71. The van der Waals surface area contributed by atoms with Gasteiger partial charge in [0.15, 0.2) is 11.5 Å². The average Bonchev–Trinajstić information content (AvgIpc) is 3.35. The van der Waals surface area contributed by atoms with E-state index in [1.54, 1.807) is 43.5 Å². The molecule has 2 atom stereocenters. The number of halogens is 1. The van der Waals surface area contributed by atoms with E-state index in [4.69, 9.17) is 14.3 Å². The smallest absolute Gasteiger partial charge is 0.221 e. The van der Waals surface area contributed by atoms with Crippen LogP contribution in [-0.4, -0.2) is 70.0 Å². The molecule has 202 valence electrons. The predicted molar refractivity (Wildman–Crippen MR) is 143 cm³/mol. The summed E-state index contributed by atoms with van der Waals surface area (Å²) in [5.74, 6) is 0.790. The molecule has 0 aliphatic carbocycles. The maximum Gasteiger partial charge on any atom is 0.221 e. The highest BCUT2D eigenvalue weighted by Gasteiger charge is 2.46. The van der Waals surface area contributed by atoms with Crippen LogP contribution in [0.2, 0.25) is 0 Å². The van der Waals surface area contributed by atoms with E-state index in [0.29, 0.717) is 36.9 Å². The Morgan fingerprint density at radius 2 is 1.66 bits per heavy atom. The number of methoxy groups -OCH3 is 1. The van der Waals surface area contributed by atoms with Gasteiger partial charge in [-0.2, -0.15) is 9.37 Å². The Kier molecular flexibility index (Phi) is 7.85. The van der Waals surface area contributed by atoms with Crippen LogP contribution in [0.5, 0.6) is 11.5 Å². The summed E-state index contributed by atoms with van der Waals surface area (Å²) in [5, 5.41) is 0.796. The molecule has 5 rings (SSSR count). The van der Waals surface area contributed by atoms with Gasteiger partial charge in [-0.05, 0) is 35.4 Å². The van der Waals surface area contributed by atoms with Gasteiger partial charge in [-0.3, -0.25) is 4.84 Å². The number of hydroxylamine groups is 2. The first-order valence-corrected chi connectivity index (χ1v) is 14.1. The maximum atomic E-state index is 14.2. The van der Waals surface area contributed by atoms with Crippen molar-refractivity contribution in [3.8, 4) is 11.5 Å². The number of benzene rings is 3. The highest BCUT2D eigenvalue weighted by molar-refractivity contribution is 7.89. The molecule has 38 heavy (non-hydrogen) atoms. The summed E-state index contributed by atoms with van der Waals surface area (Å²) in [6.45, 7) is 1.81. The number of hydrogen-bond donors (Lipinski definition) is 0. The van der Waals surface area contributed by atoms with E-state index in [2.05, 4.69) is 0 Å². The van der Waals surface area contributed by atoms with Crippen molar-refractivity contribution in [1.82, 2.24) is 9.37 Å². The van der Waals surface area contributed by atoms with E-state index in [-0.39, 0.29) is 25.5 Å². The van der Waals surface area contributed by atoms with Crippen molar-refractivity contribution in [2.45, 2.75) is 17.9 Å². The highest BCUT2D eigenvalue weighted by Crippen LogP contribution is 2.39. The summed E-state index contributed by atoms with van der Waals surface area (Å²) >= 11 is 0. The summed E-state index contributed by atoms with van der Waals surface area (Å²) in [4.78, 5) is 7.60. The van der Waals surface area contributed by atoms with Crippen LogP contribution in [0.1, 0.15) is 17.2 Å². The summed E-state index contributed by atoms with van der Waals surface area (Å²) in [6, 6.07) is 21.3. The van der Waals surface area contributed by atoms with Crippen molar-refractivity contribution < 1.29 is 27.1 Å². The third kappa shape index (κ3) is 5.35. The number of anilines is 1. The van der Waals surface area contributed by atoms with Gasteiger partial charge in [-0.25, -0.2) is 12.8 Å². The van der Waals surface area contributed by atoms with Gasteiger partial charge in [-0.15, -0.1) is 0 Å². The minimum Gasteiger partial charge on any atom is -0.493 e. The summed E-state index contributed by atoms with van der Waals surface area (Å²) in [6.07, 6.45) is 0. The molecular weight excluding hydrogens is 509 g/mol. The van der Waals surface area contributed by atoms with Crippen molar-refractivity contribution in [3.63, 3.8) is 0 Å². The SMILES string of the molecule is COc1cc([C@@H]2[C@@H](S(=O)(=O)N3CCN(c4ccccc4F)CC3)CON2C)ccc1OCc1ccccc1. The zero-order valence-electron chi connectivity index (χ0n) is 21.5. The molecule has 0 saturated carbocycles. The third-order valence-corrected chi connectivity index (χ3v) is 9.37. The van der Waals surface area contributed by atoms with Gasteiger partial charge in [0.05, 0.1) is 25.4 Å². The predicted octanol–water partition coefficient (Wildman–Crippen LogP) is 3.85. The molecule has 8 nitrogen and oxygen atoms in total. The quantitative estimate of drug-likeness (QED) is 0.429. The first-order chi connectivity index (χ1) is 18.4. The Balaban J connectivity index is 1.31. The Hall–Kier alpha value is -3.18. The molecule has 2 saturated heterocycles. The van der Waals surface area contributed by atoms with E-state index in [0.717, 1.165) is 11.1 Å². The number of para-hydroxylation sites is 1. The summed E-state index contributed by atoms with van der Waals surface area (Å²) < 4.78 is 54.9. The number of rotatable bonds is 8. The van der Waals surface area contributed by atoms with Crippen LogP contribution in [0.3, 0.4) is 0 Å². The molecule has 3 aromatic rings. The number of hydrogen-bond acceptors (Lipinski definition) is 7. The molecule has 0 bridgehead atoms. The van der Waals surface area contributed by atoms with Gasteiger partial charge in [0.25, 0.3) is 0 Å². The van der Waals surface area contributed by atoms with Gasteiger partial charge >= 0.3 is 0 Å². The molecule has 0 aromatic heterocycles. The molecule has 3 aromatic carbocycles. The van der Waals surface area contributed by atoms with Crippen LogP contribution >= 0.6 is 0 Å². The van der Waals surface area contributed by atoms with Gasteiger partial charge in [0, 0.05) is 33.2 Å². The van der Waals surface area contributed by atoms with Crippen LogP contribution in [0.25, 0.3) is 0 Å². The molecule has 2 aliphatic rings. The van der Waals surface area contributed by atoms with E-state index in [1.165, 1.54) is 10.4 Å². The number of sulfonamides is 1. The van der Waals surface area contributed by atoms with Gasteiger partial charge in [-0.1, -0.05) is 48.5 Å². The topological polar surface area (TPSA) is 71.6 Å². The maximum absolute atomic E-state index is 14.2. The van der Waals surface area contributed by atoms with Crippen LogP contribution in [0.15, 0.2) is 72.8 Å². The fourth-order valence-corrected chi connectivity index (χ4v) is 7.02. The Morgan fingerprint density at radius 1 is 0.947 bits per heavy atom. The normalized spacial score (nSPS) is 21.0. The first-order valence-electron chi connectivity index (χ1n) is 12.6. The van der Waals surface area contributed by atoms with Gasteiger partial charge in [0.1, 0.15) is 17.7 Å². The zero-order chi connectivity index (χ0) is 26.7. The van der Waals surface area contributed by atoms with Crippen molar-refractivity contribution in [2.24, 2.45) is 0 Å². The lowest BCUT2D eigenvalue weighted by Crippen LogP contribution is -2.52. The summed E-state index contributed by atoms with van der Waals surface area (Å²) in [5.41, 5.74) is 2.28. The second-order valence-corrected chi connectivity index (χ2v) is 11.5. The lowest BCUT2D eigenvalue weighted by Gasteiger charge is -2.37. The molecule has 0 radical (unpaired) electrons. The van der Waals surface area contributed by atoms with Crippen LogP contribution < -0.4 is 14.4 Å². The fraction of sp³-hybridized carbons (Fsp3) is 0.357. The van der Waals surface area contributed by atoms with Crippen LogP contribution in [0.4, 0.5) is 10.1 Å². The average molecular weight is 542 g/mol. The second-order valence-electron chi connectivity index (χ2n) is 9.39. The first kappa shape index (κ1) is 26.4. The lowest BCUT2D eigenvalue weighted by molar-refractivity contribution is -0.110. The van der Waals surface area contributed by atoms with Gasteiger partial charge in [0.2, 0.25) is 10.0 Å². The van der Waals surface area contributed by atoms with Crippen molar-refractivity contribution in [2.75, 3.05) is 51.8 Å². The number of nitrogens with zero attached hydrogens (tertiary/aromatic N) is 3. The standard InChI is InChI=1S/C28H32FN3O5S/c1-30-28(22-12-13-25(26(18-22)35-2)36-19-21-8-4-3-5-9-21)27(20-37-30)38(33,34)32-16-14-31(15-17-32)24-11-7-6-10-23(24)29/h3-13,18,27-28H,14-17,19-20H2,1-2H3/t27-,28+/m0/s1. The molecule has 0 unspecified atom stereocenters. The molecule has 0 N–H and O–H groups in total. The Morgan fingerprint density at radius 3 is 2.37 bits per heavy atom. The van der Waals surface area contributed by atoms with E-state index in [1.807, 2.05) is 47.4 Å². The summed E-state index contributed by atoms with van der Waals surface area (Å²) in [7, 11) is -0.409. The second kappa shape index (κ2) is 11.3. The van der Waals surface area contributed by atoms with Crippen molar-refractivity contribution in [1.29, 1.82) is 0 Å². The van der Waals surface area contributed by atoms with E-state index < -0.39 is 21.3 Å². The molecule has 2 heterocycles. The Bertz CT molecular complexity index is 1350. The van der Waals surface area contributed by atoms with Crippen molar-refractivity contribution in [3.05, 3.63) is 89.7 Å². The molecule has 10 heteroatoms. The fourth-order valence-electron chi connectivity index (χ4n) is 5.08. The minimum absolute atomic E-state index is 0.0472. The molecular formula is C28H32FN3O5S. The monoisotopic (exact) mass is 541 g/mol.